The first kappa shape index (κ1) is 12.7. The van der Waals surface area contributed by atoms with E-state index in [-0.39, 0.29) is 0 Å². The standard InChI is InChI=1S/C13H21N3S/c1-3-10-8-13(15-9-14-10)16-11-6-5-7-12(11)17-4-2/h8-9,11-12H,3-7H2,1-2H3,(H,14,15,16). The summed E-state index contributed by atoms with van der Waals surface area (Å²) in [5.74, 6) is 2.19. The monoisotopic (exact) mass is 251 g/mol. The number of hydrogen-bond acceptors (Lipinski definition) is 4. The Bertz CT molecular complexity index is 356. The molecule has 94 valence electrons. The molecular formula is C13H21N3S. The highest BCUT2D eigenvalue weighted by molar-refractivity contribution is 7.99. The third kappa shape index (κ3) is 3.35. The fourth-order valence-electron chi connectivity index (χ4n) is 2.36. The SMILES string of the molecule is CCSC1CCCC1Nc1cc(CC)ncn1. The van der Waals surface area contributed by atoms with Gasteiger partial charge in [-0.25, -0.2) is 9.97 Å². The second kappa shape index (κ2) is 6.24. The quantitative estimate of drug-likeness (QED) is 0.872. The first-order chi connectivity index (χ1) is 8.33. The Kier molecular flexibility index (Phi) is 4.66. The molecule has 1 N–H and O–H groups in total. The van der Waals surface area contributed by atoms with Crippen LogP contribution in [0.3, 0.4) is 0 Å². The average Bonchev–Trinajstić information content (AvgIpc) is 2.78. The molecule has 1 aliphatic rings. The minimum Gasteiger partial charge on any atom is -0.366 e. The second-order valence-corrected chi connectivity index (χ2v) is 5.94. The van der Waals surface area contributed by atoms with E-state index in [1.54, 1.807) is 6.33 Å². The molecule has 1 aliphatic carbocycles. The first-order valence-corrected chi connectivity index (χ1v) is 7.57. The van der Waals surface area contributed by atoms with Crippen LogP contribution in [0.25, 0.3) is 0 Å². The van der Waals surface area contributed by atoms with Crippen molar-refractivity contribution in [2.45, 2.75) is 50.8 Å². The third-order valence-electron chi connectivity index (χ3n) is 3.25. The molecule has 0 bridgehead atoms. The van der Waals surface area contributed by atoms with E-state index >= 15 is 0 Å². The number of nitrogens with zero attached hydrogens (tertiary/aromatic N) is 2. The molecule has 2 unspecified atom stereocenters. The average molecular weight is 251 g/mol. The molecule has 17 heavy (non-hydrogen) atoms. The molecule has 3 nitrogen and oxygen atoms in total. The highest BCUT2D eigenvalue weighted by Gasteiger charge is 2.27. The van der Waals surface area contributed by atoms with Gasteiger partial charge in [0.1, 0.15) is 12.1 Å². The summed E-state index contributed by atoms with van der Waals surface area (Å²) in [6, 6.07) is 2.66. The molecule has 0 aliphatic heterocycles. The van der Waals surface area contributed by atoms with Crippen LogP contribution in [0.4, 0.5) is 5.82 Å². The van der Waals surface area contributed by atoms with Crippen LogP contribution in [-0.2, 0) is 6.42 Å². The van der Waals surface area contributed by atoms with Crippen molar-refractivity contribution in [3.63, 3.8) is 0 Å². The van der Waals surface area contributed by atoms with Gasteiger partial charge in [0.25, 0.3) is 0 Å². The van der Waals surface area contributed by atoms with Crippen LogP contribution < -0.4 is 5.32 Å². The van der Waals surface area contributed by atoms with Crippen LogP contribution in [0.1, 0.15) is 38.8 Å². The summed E-state index contributed by atoms with van der Waals surface area (Å²) < 4.78 is 0. The molecule has 1 fully saturated rings. The van der Waals surface area contributed by atoms with Crippen molar-refractivity contribution in [2.75, 3.05) is 11.1 Å². The molecule has 1 heterocycles. The number of anilines is 1. The highest BCUT2D eigenvalue weighted by atomic mass is 32.2. The van der Waals surface area contributed by atoms with Crippen molar-refractivity contribution in [3.8, 4) is 0 Å². The van der Waals surface area contributed by atoms with Crippen molar-refractivity contribution < 1.29 is 0 Å². The van der Waals surface area contributed by atoms with Crippen LogP contribution in [0.5, 0.6) is 0 Å². The van der Waals surface area contributed by atoms with Crippen LogP contribution in [0.15, 0.2) is 12.4 Å². The molecule has 0 aromatic carbocycles. The lowest BCUT2D eigenvalue weighted by molar-refractivity contribution is 0.760. The van der Waals surface area contributed by atoms with Gasteiger partial charge in [0.15, 0.2) is 0 Å². The summed E-state index contributed by atoms with van der Waals surface area (Å²) in [7, 11) is 0. The Balaban J connectivity index is 1.99. The maximum absolute atomic E-state index is 4.31. The fraction of sp³-hybridized carbons (Fsp3) is 0.692. The summed E-state index contributed by atoms with van der Waals surface area (Å²) in [4.78, 5) is 8.55. The second-order valence-electron chi connectivity index (χ2n) is 4.42. The van der Waals surface area contributed by atoms with Gasteiger partial charge in [-0.05, 0) is 25.0 Å². The van der Waals surface area contributed by atoms with Gasteiger partial charge in [0, 0.05) is 23.1 Å². The zero-order valence-corrected chi connectivity index (χ0v) is 11.5. The van der Waals surface area contributed by atoms with Gasteiger partial charge in [-0.3, -0.25) is 0 Å². The van der Waals surface area contributed by atoms with E-state index in [1.807, 2.05) is 0 Å². The van der Waals surface area contributed by atoms with E-state index in [0.29, 0.717) is 6.04 Å². The molecule has 1 aromatic heterocycles. The lowest BCUT2D eigenvalue weighted by Crippen LogP contribution is -2.26. The topological polar surface area (TPSA) is 37.8 Å². The summed E-state index contributed by atoms with van der Waals surface area (Å²) >= 11 is 2.07. The Morgan fingerprint density at radius 1 is 1.35 bits per heavy atom. The van der Waals surface area contributed by atoms with Gasteiger partial charge >= 0.3 is 0 Å². The molecule has 0 amide bonds. The lowest BCUT2D eigenvalue weighted by Gasteiger charge is -2.20. The summed E-state index contributed by atoms with van der Waals surface area (Å²) in [6.07, 6.45) is 6.57. The molecule has 1 aromatic rings. The van der Waals surface area contributed by atoms with E-state index in [1.165, 1.54) is 25.0 Å². The highest BCUT2D eigenvalue weighted by Crippen LogP contribution is 2.31. The molecule has 0 saturated heterocycles. The number of thioether (sulfide) groups is 1. The van der Waals surface area contributed by atoms with Gasteiger partial charge in [0.05, 0.1) is 0 Å². The molecule has 0 spiro atoms. The summed E-state index contributed by atoms with van der Waals surface area (Å²) in [5, 5.41) is 4.33. The first-order valence-electron chi connectivity index (χ1n) is 6.52. The predicted molar refractivity (Wildman–Crippen MR) is 74.6 cm³/mol. The van der Waals surface area contributed by atoms with Crippen molar-refractivity contribution in [1.82, 2.24) is 9.97 Å². The lowest BCUT2D eigenvalue weighted by atomic mass is 10.2. The van der Waals surface area contributed by atoms with E-state index < -0.39 is 0 Å². The summed E-state index contributed by atoms with van der Waals surface area (Å²) in [6.45, 7) is 4.36. The Labute approximate surface area is 108 Å². The van der Waals surface area contributed by atoms with Gasteiger partial charge < -0.3 is 5.32 Å². The molecule has 4 heteroatoms. The zero-order chi connectivity index (χ0) is 12.1. The van der Waals surface area contributed by atoms with E-state index in [4.69, 9.17) is 0 Å². The number of aromatic nitrogens is 2. The minimum absolute atomic E-state index is 0.583. The molecule has 0 radical (unpaired) electrons. The van der Waals surface area contributed by atoms with Crippen LogP contribution in [-0.4, -0.2) is 27.0 Å². The van der Waals surface area contributed by atoms with Crippen molar-refractivity contribution in [3.05, 3.63) is 18.1 Å². The smallest absolute Gasteiger partial charge is 0.129 e. The molecule has 2 rings (SSSR count). The maximum atomic E-state index is 4.31. The van der Waals surface area contributed by atoms with E-state index in [9.17, 15) is 0 Å². The molecule has 2 atom stereocenters. The van der Waals surface area contributed by atoms with Gasteiger partial charge in [-0.1, -0.05) is 20.3 Å². The number of aryl methyl sites for hydroxylation is 1. The number of rotatable bonds is 5. The maximum Gasteiger partial charge on any atom is 0.129 e. The number of nitrogens with one attached hydrogen (secondary N) is 1. The summed E-state index contributed by atoms with van der Waals surface area (Å²) in [5.41, 5.74) is 1.11. The molecule has 1 saturated carbocycles. The normalized spacial score (nSPS) is 23.9. The van der Waals surface area contributed by atoms with Crippen molar-refractivity contribution in [2.24, 2.45) is 0 Å². The minimum atomic E-state index is 0.583. The van der Waals surface area contributed by atoms with Crippen LogP contribution in [0, 0.1) is 0 Å². The van der Waals surface area contributed by atoms with Gasteiger partial charge in [-0.15, -0.1) is 0 Å². The third-order valence-corrected chi connectivity index (χ3v) is 4.58. The van der Waals surface area contributed by atoms with Gasteiger partial charge in [0.2, 0.25) is 0 Å². The largest absolute Gasteiger partial charge is 0.366 e. The Hall–Kier alpha value is -0.770. The van der Waals surface area contributed by atoms with Crippen LogP contribution in [0.2, 0.25) is 0 Å². The zero-order valence-electron chi connectivity index (χ0n) is 10.6. The molecular weight excluding hydrogens is 230 g/mol. The van der Waals surface area contributed by atoms with Crippen LogP contribution >= 0.6 is 11.8 Å². The van der Waals surface area contributed by atoms with E-state index in [2.05, 4.69) is 47.0 Å². The predicted octanol–water partition coefficient (Wildman–Crippen LogP) is 3.13. The van der Waals surface area contributed by atoms with Gasteiger partial charge in [-0.2, -0.15) is 11.8 Å². The fourth-order valence-corrected chi connectivity index (χ4v) is 3.56. The Morgan fingerprint density at radius 2 is 2.24 bits per heavy atom. The van der Waals surface area contributed by atoms with E-state index in [0.717, 1.165) is 23.2 Å². The van der Waals surface area contributed by atoms with Crippen molar-refractivity contribution >= 4 is 17.6 Å². The van der Waals surface area contributed by atoms with Crippen molar-refractivity contribution in [1.29, 1.82) is 0 Å². The Morgan fingerprint density at radius 3 is 3.00 bits per heavy atom. The number of hydrogen-bond donors (Lipinski definition) is 1.